The average molecular weight is 771 g/mol. The van der Waals surface area contributed by atoms with E-state index in [1.54, 1.807) is 14.2 Å². The fourth-order valence-corrected chi connectivity index (χ4v) is 7.51. The molecule has 296 valence electrons. The predicted molar refractivity (Wildman–Crippen MR) is 222 cm³/mol. The maximum absolute atomic E-state index is 14.3. The van der Waals surface area contributed by atoms with Gasteiger partial charge >= 0.3 is 5.97 Å². The van der Waals surface area contributed by atoms with Crippen molar-refractivity contribution in [2.45, 2.75) is 70.2 Å². The molecule has 1 aliphatic rings. The van der Waals surface area contributed by atoms with Gasteiger partial charge in [0.1, 0.15) is 36.2 Å². The zero-order valence-electron chi connectivity index (χ0n) is 32.6. The van der Waals surface area contributed by atoms with Crippen LogP contribution < -0.4 is 31.2 Å². The molecule has 11 heteroatoms. The van der Waals surface area contributed by atoms with E-state index in [-0.39, 0.29) is 25.9 Å². The van der Waals surface area contributed by atoms with Crippen molar-refractivity contribution in [2.24, 2.45) is 5.73 Å². The van der Waals surface area contributed by atoms with E-state index in [4.69, 9.17) is 19.9 Å². The molecular formula is C46H50N4O7. The van der Waals surface area contributed by atoms with E-state index in [0.717, 1.165) is 43.8 Å². The van der Waals surface area contributed by atoms with Crippen LogP contribution in [0.3, 0.4) is 0 Å². The molecule has 0 aliphatic carbocycles. The van der Waals surface area contributed by atoms with Crippen LogP contribution in [0.15, 0.2) is 103 Å². The van der Waals surface area contributed by atoms with Gasteiger partial charge in [-0.3, -0.25) is 14.4 Å². The molecule has 0 aromatic heterocycles. The summed E-state index contributed by atoms with van der Waals surface area (Å²) in [5, 5.41) is 12.3. The summed E-state index contributed by atoms with van der Waals surface area (Å²) in [6, 6.07) is 26.2. The largest absolute Gasteiger partial charge is 0.496 e. The number of allylic oxidation sites excluding steroid dienone is 1. The van der Waals surface area contributed by atoms with E-state index < -0.39 is 41.8 Å². The lowest BCUT2D eigenvalue weighted by Gasteiger charge is -2.26. The number of nitrogens with two attached hydrogens (primary N) is 1. The molecule has 1 unspecified atom stereocenters. The first-order chi connectivity index (χ1) is 27.7. The number of benzene rings is 5. The van der Waals surface area contributed by atoms with Gasteiger partial charge in [-0.2, -0.15) is 0 Å². The molecule has 5 aromatic rings. The number of carbonyl (C=O) groups is 4. The van der Waals surface area contributed by atoms with Crippen LogP contribution in [0, 0.1) is 0 Å². The summed E-state index contributed by atoms with van der Waals surface area (Å²) in [5.74, 6) is -0.979. The maximum Gasteiger partial charge on any atom is 0.329 e. The highest BCUT2D eigenvalue weighted by molar-refractivity contribution is 6.11. The number of esters is 1. The standard InChI is InChI=1S/C46H50N4O7/c1-29(51)48-39-27-34-26-32-18-8-11-21-36(32)41(43(34)56-3)40-35-20-10-7-17-31(35)25-33(42(40)55-2)19-9-12-23-38(46(54)57-28-30-15-5-4-6-16-30)50-44(52)37(49-45(39)53)22-13-14-24-47/h4-12,15-18,20-21,25-26,37-39H,13-14,19,22-24,27-28,47H2,1-3H3,(H,48,51)(H,49,53)(H,50,52)/t37-,38+,39?/m1/s1. The number of amides is 3. The molecule has 0 saturated heterocycles. The zero-order chi connectivity index (χ0) is 40.3. The number of ether oxygens (including phenoxy) is 3. The van der Waals surface area contributed by atoms with Gasteiger partial charge in [-0.1, -0.05) is 91.0 Å². The summed E-state index contributed by atoms with van der Waals surface area (Å²) in [5.41, 5.74) is 9.77. The normalized spacial score (nSPS) is 17.5. The van der Waals surface area contributed by atoms with Gasteiger partial charge in [-0.05, 0) is 89.0 Å². The molecule has 0 fully saturated rings. The van der Waals surface area contributed by atoms with Crippen LogP contribution in [0.1, 0.15) is 49.3 Å². The third-order valence-electron chi connectivity index (χ3n) is 10.2. The first kappa shape index (κ1) is 40.5. The molecule has 5 N–H and O–H groups in total. The van der Waals surface area contributed by atoms with Gasteiger partial charge in [0.2, 0.25) is 17.7 Å². The maximum atomic E-state index is 14.3. The highest BCUT2D eigenvalue weighted by Crippen LogP contribution is 2.48. The second-order valence-corrected chi connectivity index (χ2v) is 14.2. The zero-order valence-corrected chi connectivity index (χ0v) is 32.6. The van der Waals surface area contributed by atoms with Gasteiger partial charge in [0, 0.05) is 24.5 Å². The molecule has 3 amide bonds. The minimum Gasteiger partial charge on any atom is -0.496 e. The Hall–Kier alpha value is -6.20. The number of methoxy groups -OCH3 is 2. The van der Waals surface area contributed by atoms with Gasteiger partial charge in [0.25, 0.3) is 0 Å². The molecule has 11 nitrogen and oxygen atoms in total. The monoisotopic (exact) mass is 770 g/mol. The highest BCUT2D eigenvalue weighted by atomic mass is 16.5. The van der Waals surface area contributed by atoms with Crippen LogP contribution in [0.25, 0.3) is 32.7 Å². The van der Waals surface area contributed by atoms with Gasteiger partial charge < -0.3 is 35.9 Å². The minimum atomic E-state index is -1.09. The van der Waals surface area contributed by atoms with Gasteiger partial charge in [-0.15, -0.1) is 0 Å². The SMILES string of the molecule is COc1c2cc3ccccc3c1-c1c(OC)c(cc3ccccc13)CC(NC(C)=O)C(=O)N[C@H](CCCCN)C(=O)N[C@H](C(=O)OCc1ccccc1)CC=CC2. The van der Waals surface area contributed by atoms with Crippen molar-refractivity contribution < 1.29 is 33.4 Å². The number of fused-ring (bicyclic) bond motifs is 9. The molecule has 57 heavy (non-hydrogen) atoms. The van der Waals surface area contributed by atoms with E-state index >= 15 is 0 Å². The molecule has 0 saturated carbocycles. The molecule has 1 aliphatic heterocycles. The molecule has 1 heterocycles. The summed E-state index contributed by atoms with van der Waals surface area (Å²) in [7, 11) is 3.23. The summed E-state index contributed by atoms with van der Waals surface area (Å²) in [4.78, 5) is 54.7. The summed E-state index contributed by atoms with van der Waals surface area (Å²) in [6.07, 6.45) is 5.83. The molecule has 4 bridgehead atoms. The van der Waals surface area contributed by atoms with E-state index in [9.17, 15) is 19.2 Å². The van der Waals surface area contributed by atoms with Crippen LogP contribution >= 0.6 is 0 Å². The number of hydrogen-bond donors (Lipinski definition) is 4. The second kappa shape index (κ2) is 19.1. The van der Waals surface area contributed by atoms with Gasteiger partial charge in [0.05, 0.1) is 14.2 Å². The minimum absolute atomic E-state index is 0.0280. The Labute approximate surface area is 332 Å². The fraction of sp³-hybridized carbons (Fsp3) is 0.304. The Morgan fingerprint density at radius 1 is 0.772 bits per heavy atom. The number of rotatable bonds is 10. The Morgan fingerprint density at radius 3 is 2.02 bits per heavy atom. The number of carbonyl (C=O) groups excluding carboxylic acids is 4. The number of nitrogens with one attached hydrogen (secondary N) is 3. The number of hydrogen-bond acceptors (Lipinski definition) is 8. The third-order valence-corrected chi connectivity index (χ3v) is 10.2. The van der Waals surface area contributed by atoms with Crippen molar-refractivity contribution in [2.75, 3.05) is 20.8 Å². The van der Waals surface area contributed by atoms with Crippen molar-refractivity contribution in [1.82, 2.24) is 16.0 Å². The van der Waals surface area contributed by atoms with Crippen LogP contribution in [0.2, 0.25) is 0 Å². The van der Waals surface area contributed by atoms with E-state index in [0.29, 0.717) is 42.9 Å². The lowest BCUT2D eigenvalue weighted by Crippen LogP contribution is -2.56. The van der Waals surface area contributed by atoms with Crippen LogP contribution in [0.5, 0.6) is 11.5 Å². The second-order valence-electron chi connectivity index (χ2n) is 14.2. The van der Waals surface area contributed by atoms with Crippen LogP contribution in [0.4, 0.5) is 0 Å². The Morgan fingerprint density at radius 2 is 1.39 bits per heavy atom. The number of unbranched alkanes of at least 4 members (excludes halogenated alkanes) is 1. The molecular weight excluding hydrogens is 721 g/mol. The Kier molecular flexibility index (Phi) is 13.6. The Balaban J connectivity index is 1.52. The van der Waals surface area contributed by atoms with Crippen LogP contribution in [-0.2, 0) is 43.4 Å². The topological polar surface area (TPSA) is 158 Å². The first-order valence-corrected chi connectivity index (χ1v) is 19.3. The van der Waals surface area contributed by atoms with Gasteiger partial charge in [-0.25, -0.2) is 4.79 Å². The van der Waals surface area contributed by atoms with Crippen molar-refractivity contribution in [3.63, 3.8) is 0 Å². The van der Waals surface area contributed by atoms with Crippen molar-refractivity contribution in [1.29, 1.82) is 0 Å². The Bertz CT molecular complexity index is 2270. The lowest BCUT2D eigenvalue weighted by atomic mass is 9.87. The molecule has 3 atom stereocenters. The lowest BCUT2D eigenvalue weighted by molar-refractivity contribution is -0.149. The van der Waals surface area contributed by atoms with Crippen LogP contribution in [-0.4, -0.2) is 62.6 Å². The van der Waals surface area contributed by atoms with Crippen molar-refractivity contribution >= 4 is 45.2 Å². The van der Waals surface area contributed by atoms with Crippen molar-refractivity contribution in [3.8, 4) is 22.6 Å². The van der Waals surface area contributed by atoms with Gasteiger partial charge in [0.15, 0.2) is 0 Å². The van der Waals surface area contributed by atoms with Crippen molar-refractivity contribution in [3.05, 3.63) is 120 Å². The van der Waals surface area contributed by atoms with E-state index in [1.807, 2.05) is 97.1 Å². The summed E-state index contributed by atoms with van der Waals surface area (Å²) >= 11 is 0. The molecule has 0 spiro atoms. The fourth-order valence-electron chi connectivity index (χ4n) is 7.51. The highest BCUT2D eigenvalue weighted by Gasteiger charge is 2.32. The molecule has 6 rings (SSSR count). The predicted octanol–water partition coefficient (Wildman–Crippen LogP) is 6.07. The molecule has 0 radical (unpaired) electrons. The first-order valence-electron chi connectivity index (χ1n) is 19.3. The summed E-state index contributed by atoms with van der Waals surface area (Å²) in [6.45, 7) is 1.78. The van der Waals surface area contributed by atoms with E-state index in [2.05, 4.69) is 22.0 Å². The average Bonchev–Trinajstić information content (AvgIpc) is 3.22. The van der Waals surface area contributed by atoms with E-state index in [1.165, 1.54) is 6.92 Å². The summed E-state index contributed by atoms with van der Waals surface area (Å²) < 4.78 is 18.2. The molecule has 5 aromatic carbocycles. The third kappa shape index (κ3) is 9.61. The smallest absolute Gasteiger partial charge is 0.329 e. The quantitative estimate of drug-likeness (QED) is 0.0758.